The van der Waals surface area contributed by atoms with E-state index in [4.69, 9.17) is 10.5 Å². The maximum absolute atomic E-state index is 11.7. The number of carbonyl (C=O) groups is 3. The van der Waals surface area contributed by atoms with E-state index in [1.54, 1.807) is 25.2 Å². The lowest BCUT2D eigenvalue weighted by atomic mass is 10.1. The number of benzene rings is 1. The minimum atomic E-state index is -0.627. The number of rotatable bonds is 9. The van der Waals surface area contributed by atoms with Crippen molar-refractivity contribution in [3.63, 3.8) is 0 Å². The van der Waals surface area contributed by atoms with Crippen LogP contribution in [0.3, 0.4) is 0 Å². The molecule has 3 N–H and O–H groups in total. The number of esters is 1. The van der Waals surface area contributed by atoms with Crippen LogP contribution in [0.5, 0.6) is 5.75 Å². The minimum Gasteiger partial charge on any atom is -0.426 e. The number of unbranched alkanes of at least 4 members (excludes halogenated alkanes) is 3. The summed E-state index contributed by atoms with van der Waals surface area (Å²) in [6.07, 6.45) is 4.01. The number of nitrogens with one attached hydrogen (secondary N) is 1. The zero-order chi connectivity index (χ0) is 16.4. The molecule has 0 aliphatic carbocycles. The van der Waals surface area contributed by atoms with Crippen molar-refractivity contribution in [3.05, 3.63) is 29.8 Å². The average Bonchev–Trinajstić information content (AvgIpc) is 2.50. The Balaban J connectivity index is 2.27. The molecule has 0 spiro atoms. The molecule has 6 heteroatoms. The van der Waals surface area contributed by atoms with Crippen LogP contribution >= 0.6 is 0 Å². The smallest absolute Gasteiger partial charge is 0.311 e. The SMILES string of the molecule is CNC(=O)CCCCCCC(=O)Oc1ccccc1C(N)=O. The van der Waals surface area contributed by atoms with Gasteiger partial charge in [-0.05, 0) is 25.0 Å². The molecule has 22 heavy (non-hydrogen) atoms. The Labute approximate surface area is 130 Å². The number of para-hydroxylation sites is 1. The van der Waals surface area contributed by atoms with E-state index in [0.717, 1.165) is 19.3 Å². The molecule has 0 atom stereocenters. The molecule has 0 bridgehead atoms. The van der Waals surface area contributed by atoms with Gasteiger partial charge in [0.05, 0.1) is 5.56 Å². The molecular formula is C16H22N2O4. The lowest BCUT2D eigenvalue weighted by molar-refractivity contribution is -0.134. The molecule has 0 aliphatic heterocycles. The summed E-state index contributed by atoms with van der Waals surface area (Å²) >= 11 is 0. The van der Waals surface area contributed by atoms with E-state index in [1.165, 1.54) is 6.07 Å². The Bertz CT molecular complexity index is 529. The summed E-state index contributed by atoms with van der Waals surface area (Å²) in [7, 11) is 1.61. The predicted octanol–water partition coefficient (Wildman–Crippen LogP) is 1.78. The van der Waals surface area contributed by atoms with Crippen molar-refractivity contribution >= 4 is 17.8 Å². The minimum absolute atomic E-state index is 0.0301. The monoisotopic (exact) mass is 306 g/mol. The van der Waals surface area contributed by atoms with Gasteiger partial charge in [-0.25, -0.2) is 0 Å². The summed E-state index contributed by atoms with van der Waals surface area (Å²) in [6, 6.07) is 6.39. The summed E-state index contributed by atoms with van der Waals surface area (Å²) < 4.78 is 5.17. The second-order valence-corrected chi connectivity index (χ2v) is 4.92. The molecule has 1 rings (SSSR count). The highest BCUT2D eigenvalue weighted by Crippen LogP contribution is 2.18. The topological polar surface area (TPSA) is 98.5 Å². The van der Waals surface area contributed by atoms with Gasteiger partial charge in [-0.2, -0.15) is 0 Å². The third kappa shape index (κ3) is 6.39. The van der Waals surface area contributed by atoms with Crippen LogP contribution in [0.15, 0.2) is 24.3 Å². The van der Waals surface area contributed by atoms with Gasteiger partial charge in [-0.15, -0.1) is 0 Å². The second-order valence-electron chi connectivity index (χ2n) is 4.92. The van der Waals surface area contributed by atoms with E-state index < -0.39 is 5.91 Å². The molecule has 1 aromatic rings. The van der Waals surface area contributed by atoms with Gasteiger partial charge >= 0.3 is 5.97 Å². The van der Waals surface area contributed by atoms with Crippen LogP contribution in [-0.4, -0.2) is 24.8 Å². The van der Waals surface area contributed by atoms with Gasteiger partial charge in [0.2, 0.25) is 5.91 Å². The van der Waals surface area contributed by atoms with E-state index in [-0.39, 0.29) is 29.6 Å². The fraction of sp³-hybridized carbons (Fsp3) is 0.438. The van der Waals surface area contributed by atoms with Crippen LogP contribution in [0.4, 0.5) is 0 Å². The van der Waals surface area contributed by atoms with Crippen LogP contribution in [-0.2, 0) is 9.59 Å². The maximum Gasteiger partial charge on any atom is 0.311 e. The fourth-order valence-electron chi connectivity index (χ4n) is 1.97. The summed E-state index contributed by atoms with van der Waals surface area (Å²) in [5, 5.41) is 2.56. The zero-order valence-corrected chi connectivity index (χ0v) is 12.8. The van der Waals surface area contributed by atoms with E-state index >= 15 is 0 Å². The quantitative estimate of drug-likeness (QED) is 0.413. The van der Waals surface area contributed by atoms with Gasteiger partial charge in [0.25, 0.3) is 5.91 Å². The van der Waals surface area contributed by atoms with Crippen molar-refractivity contribution in [2.75, 3.05) is 7.05 Å². The third-order valence-electron chi connectivity index (χ3n) is 3.19. The Morgan fingerprint density at radius 2 is 1.68 bits per heavy atom. The number of amides is 2. The lowest BCUT2D eigenvalue weighted by Crippen LogP contribution is -2.17. The van der Waals surface area contributed by atoms with Crippen LogP contribution in [0.25, 0.3) is 0 Å². The molecular weight excluding hydrogens is 284 g/mol. The van der Waals surface area contributed by atoms with Crippen molar-refractivity contribution in [3.8, 4) is 5.75 Å². The molecule has 0 aromatic heterocycles. The zero-order valence-electron chi connectivity index (χ0n) is 12.8. The molecule has 0 fully saturated rings. The second kappa shape index (κ2) is 9.55. The largest absolute Gasteiger partial charge is 0.426 e. The Morgan fingerprint density at radius 3 is 2.32 bits per heavy atom. The Morgan fingerprint density at radius 1 is 1.05 bits per heavy atom. The first-order chi connectivity index (χ1) is 10.5. The Kier molecular flexibility index (Phi) is 7.67. The summed E-state index contributed by atoms with van der Waals surface area (Å²) in [6.45, 7) is 0. The summed E-state index contributed by atoms with van der Waals surface area (Å²) in [5.74, 6) is -0.792. The van der Waals surface area contributed by atoms with E-state index in [9.17, 15) is 14.4 Å². The number of primary amides is 1. The first-order valence-electron chi connectivity index (χ1n) is 7.34. The first-order valence-corrected chi connectivity index (χ1v) is 7.34. The number of carbonyl (C=O) groups excluding carboxylic acids is 3. The number of hydrogen-bond donors (Lipinski definition) is 2. The molecule has 0 saturated heterocycles. The molecule has 0 aliphatic rings. The fourth-order valence-corrected chi connectivity index (χ4v) is 1.97. The third-order valence-corrected chi connectivity index (χ3v) is 3.19. The van der Waals surface area contributed by atoms with Crippen molar-refractivity contribution in [1.29, 1.82) is 0 Å². The number of hydrogen-bond acceptors (Lipinski definition) is 4. The molecule has 0 unspecified atom stereocenters. The highest BCUT2D eigenvalue weighted by Gasteiger charge is 2.12. The molecule has 0 radical (unpaired) electrons. The van der Waals surface area contributed by atoms with Crippen LogP contribution < -0.4 is 15.8 Å². The molecule has 120 valence electrons. The predicted molar refractivity (Wildman–Crippen MR) is 82.4 cm³/mol. The lowest BCUT2D eigenvalue weighted by Gasteiger charge is -2.07. The van der Waals surface area contributed by atoms with Gasteiger partial charge in [-0.3, -0.25) is 14.4 Å². The van der Waals surface area contributed by atoms with E-state index in [1.807, 2.05) is 0 Å². The molecule has 0 heterocycles. The average molecular weight is 306 g/mol. The van der Waals surface area contributed by atoms with Gasteiger partial charge in [-0.1, -0.05) is 25.0 Å². The number of nitrogens with two attached hydrogens (primary N) is 1. The van der Waals surface area contributed by atoms with Crippen molar-refractivity contribution in [2.24, 2.45) is 5.73 Å². The number of ether oxygens (including phenoxy) is 1. The van der Waals surface area contributed by atoms with Crippen LogP contribution in [0, 0.1) is 0 Å². The molecule has 0 saturated carbocycles. The Hall–Kier alpha value is -2.37. The maximum atomic E-state index is 11.7. The summed E-state index contributed by atoms with van der Waals surface area (Å²) in [4.78, 5) is 34.0. The van der Waals surface area contributed by atoms with Crippen molar-refractivity contribution in [2.45, 2.75) is 38.5 Å². The van der Waals surface area contributed by atoms with Gasteiger partial charge in [0.1, 0.15) is 5.75 Å². The molecule has 1 aromatic carbocycles. The van der Waals surface area contributed by atoms with Crippen LogP contribution in [0.1, 0.15) is 48.9 Å². The molecule has 2 amide bonds. The van der Waals surface area contributed by atoms with Gasteiger partial charge in [0.15, 0.2) is 0 Å². The highest BCUT2D eigenvalue weighted by molar-refractivity contribution is 5.96. The van der Waals surface area contributed by atoms with Crippen molar-refractivity contribution in [1.82, 2.24) is 5.32 Å². The standard InChI is InChI=1S/C16H22N2O4/c1-18-14(19)10-4-2-3-5-11-15(20)22-13-9-7-6-8-12(13)16(17)21/h6-9H,2-5,10-11H2,1H3,(H2,17,21)(H,18,19). The van der Waals surface area contributed by atoms with E-state index in [2.05, 4.69) is 5.32 Å². The first kappa shape index (κ1) is 17.7. The molecule has 6 nitrogen and oxygen atoms in total. The van der Waals surface area contributed by atoms with Gasteiger partial charge < -0.3 is 15.8 Å². The van der Waals surface area contributed by atoms with Crippen molar-refractivity contribution < 1.29 is 19.1 Å². The summed E-state index contributed by atoms with van der Waals surface area (Å²) in [5.41, 5.74) is 5.41. The highest BCUT2D eigenvalue weighted by atomic mass is 16.5. The van der Waals surface area contributed by atoms with Gasteiger partial charge in [0, 0.05) is 19.9 Å². The van der Waals surface area contributed by atoms with E-state index in [0.29, 0.717) is 12.8 Å². The normalized spacial score (nSPS) is 10.0. The van der Waals surface area contributed by atoms with Crippen LogP contribution in [0.2, 0.25) is 0 Å².